The summed E-state index contributed by atoms with van der Waals surface area (Å²) >= 11 is 12.4. The van der Waals surface area contributed by atoms with E-state index in [1.54, 1.807) is 0 Å². The summed E-state index contributed by atoms with van der Waals surface area (Å²) in [5.74, 6) is 0.242. The van der Waals surface area contributed by atoms with Gasteiger partial charge in [-0.15, -0.1) is 0 Å². The molecule has 0 aliphatic heterocycles. The fourth-order valence-electron chi connectivity index (χ4n) is 3.65. The standard InChI is InChI=1S/C20H17Cl2F3N4O2/c1-31-18(30)19(4-5-19)15-14(8-26)28-29(17(15)27-9-10-2-3-10)16-12(21)6-11(7-13(16)22)20(23,24)25/h6-7,10,27H,2-5,9H2,1H3. The third-order valence-electron chi connectivity index (χ3n) is 5.61. The van der Waals surface area contributed by atoms with E-state index in [9.17, 15) is 23.2 Å². The van der Waals surface area contributed by atoms with Crippen LogP contribution in [0.2, 0.25) is 10.0 Å². The Morgan fingerprint density at radius 3 is 2.42 bits per heavy atom. The van der Waals surface area contributed by atoms with E-state index < -0.39 is 23.1 Å². The highest BCUT2D eigenvalue weighted by atomic mass is 35.5. The minimum atomic E-state index is -4.63. The van der Waals surface area contributed by atoms with E-state index >= 15 is 0 Å². The molecule has 1 aromatic carbocycles. The van der Waals surface area contributed by atoms with E-state index in [1.807, 2.05) is 6.07 Å². The number of alkyl halides is 3. The molecule has 164 valence electrons. The van der Waals surface area contributed by atoms with E-state index in [0.717, 1.165) is 25.0 Å². The number of benzene rings is 1. The highest BCUT2D eigenvalue weighted by molar-refractivity contribution is 6.38. The Balaban J connectivity index is 1.91. The summed E-state index contributed by atoms with van der Waals surface area (Å²) in [7, 11) is 1.26. The van der Waals surface area contributed by atoms with Crippen LogP contribution < -0.4 is 5.32 Å². The van der Waals surface area contributed by atoms with Crippen molar-refractivity contribution in [3.63, 3.8) is 0 Å². The number of carbonyl (C=O) groups excluding carboxylic acids is 1. The second-order valence-electron chi connectivity index (χ2n) is 7.78. The predicted octanol–water partition coefficient (Wildman–Crippen LogP) is 5.10. The number of aromatic nitrogens is 2. The second-order valence-corrected chi connectivity index (χ2v) is 8.59. The zero-order valence-corrected chi connectivity index (χ0v) is 17.8. The van der Waals surface area contributed by atoms with Crippen LogP contribution in [-0.4, -0.2) is 29.4 Å². The van der Waals surface area contributed by atoms with Crippen LogP contribution in [-0.2, 0) is 21.1 Å². The number of anilines is 1. The van der Waals surface area contributed by atoms with E-state index in [0.29, 0.717) is 36.7 Å². The molecule has 1 aromatic heterocycles. The zero-order chi connectivity index (χ0) is 22.6. The molecule has 0 bridgehead atoms. The largest absolute Gasteiger partial charge is 0.468 e. The topological polar surface area (TPSA) is 79.9 Å². The van der Waals surface area contributed by atoms with Crippen molar-refractivity contribution >= 4 is 35.0 Å². The second kappa shape index (κ2) is 7.61. The summed E-state index contributed by atoms with van der Waals surface area (Å²) in [6, 6.07) is 3.50. The predicted molar refractivity (Wildman–Crippen MR) is 107 cm³/mol. The third kappa shape index (κ3) is 3.83. The molecule has 0 amide bonds. The maximum Gasteiger partial charge on any atom is 0.416 e. The van der Waals surface area contributed by atoms with Gasteiger partial charge in [0.05, 0.1) is 33.7 Å². The quantitative estimate of drug-likeness (QED) is 0.591. The lowest BCUT2D eigenvalue weighted by Gasteiger charge is -2.18. The van der Waals surface area contributed by atoms with E-state index in [2.05, 4.69) is 10.4 Å². The molecule has 2 saturated carbocycles. The molecule has 2 aliphatic rings. The van der Waals surface area contributed by atoms with Crippen LogP contribution in [0.1, 0.15) is 42.5 Å². The summed E-state index contributed by atoms with van der Waals surface area (Å²) in [4.78, 5) is 12.5. The first kappa shape index (κ1) is 21.8. The van der Waals surface area contributed by atoms with Gasteiger partial charge in [0.25, 0.3) is 0 Å². The lowest BCUT2D eigenvalue weighted by atomic mass is 9.95. The smallest absolute Gasteiger partial charge is 0.416 e. The van der Waals surface area contributed by atoms with E-state index in [-0.39, 0.29) is 21.4 Å². The zero-order valence-electron chi connectivity index (χ0n) is 16.3. The summed E-state index contributed by atoms with van der Waals surface area (Å²) < 4.78 is 45.6. The van der Waals surface area contributed by atoms with Gasteiger partial charge in [0, 0.05) is 6.54 Å². The molecule has 31 heavy (non-hydrogen) atoms. The molecule has 0 spiro atoms. The Morgan fingerprint density at radius 2 is 1.97 bits per heavy atom. The first-order chi connectivity index (χ1) is 14.6. The number of carbonyl (C=O) groups is 1. The Bertz CT molecular complexity index is 1080. The summed E-state index contributed by atoms with van der Waals surface area (Å²) in [5, 5.41) is 16.6. The number of ether oxygens (including phenoxy) is 1. The van der Waals surface area contributed by atoms with Gasteiger partial charge >= 0.3 is 12.1 Å². The summed E-state index contributed by atoms with van der Waals surface area (Å²) in [6.07, 6.45) is -1.63. The van der Waals surface area contributed by atoms with Gasteiger partial charge in [0.2, 0.25) is 0 Å². The molecular weight excluding hydrogens is 456 g/mol. The molecule has 0 unspecified atom stereocenters. The molecule has 0 saturated heterocycles. The average Bonchev–Trinajstić information content (AvgIpc) is 3.63. The first-order valence-corrected chi connectivity index (χ1v) is 10.3. The van der Waals surface area contributed by atoms with Gasteiger partial charge in [-0.1, -0.05) is 23.2 Å². The first-order valence-electron chi connectivity index (χ1n) is 9.55. The van der Waals surface area contributed by atoms with Gasteiger partial charge in [-0.05, 0) is 43.7 Å². The van der Waals surface area contributed by atoms with Crippen LogP contribution in [0, 0.1) is 17.2 Å². The Labute approximate surface area is 185 Å². The van der Waals surface area contributed by atoms with Crippen LogP contribution in [0.25, 0.3) is 5.69 Å². The number of nitriles is 1. The lowest BCUT2D eigenvalue weighted by molar-refractivity contribution is -0.143. The highest BCUT2D eigenvalue weighted by Gasteiger charge is 2.57. The molecule has 1 N–H and O–H groups in total. The molecule has 0 radical (unpaired) electrons. The fourth-order valence-corrected chi connectivity index (χ4v) is 4.29. The molecule has 2 fully saturated rings. The van der Waals surface area contributed by atoms with Crippen LogP contribution in [0.3, 0.4) is 0 Å². The van der Waals surface area contributed by atoms with Crippen molar-refractivity contribution in [1.82, 2.24) is 9.78 Å². The number of methoxy groups -OCH3 is 1. The number of nitrogens with one attached hydrogen (secondary N) is 1. The van der Waals surface area contributed by atoms with Crippen LogP contribution in [0.4, 0.5) is 19.0 Å². The summed E-state index contributed by atoms with van der Waals surface area (Å²) in [5.41, 5.74) is -1.71. The number of hydrogen-bond acceptors (Lipinski definition) is 5. The number of nitrogens with zero attached hydrogens (tertiary/aromatic N) is 3. The van der Waals surface area contributed by atoms with Gasteiger partial charge in [-0.25, -0.2) is 4.68 Å². The SMILES string of the molecule is COC(=O)C1(c2c(C#N)nn(-c3c(Cl)cc(C(F)(F)F)cc3Cl)c2NCC2CC2)CC1. The van der Waals surface area contributed by atoms with Gasteiger partial charge in [0.15, 0.2) is 5.69 Å². The number of halogens is 5. The summed E-state index contributed by atoms with van der Waals surface area (Å²) in [6.45, 7) is 0.552. The number of esters is 1. The monoisotopic (exact) mass is 472 g/mol. The van der Waals surface area contributed by atoms with Crippen molar-refractivity contribution in [2.24, 2.45) is 5.92 Å². The number of hydrogen-bond donors (Lipinski definition) is 1. The van der Waals surface area contributed by atoms with E-state index in [4.69, 9.17) is 27.9 Å². The van der Waals surface area contributed by atoms with Crippen molar-refractivity contribution in [3.8, 4) is 11.8 Å². The molecule has 0 atom stereocenters. The van der Waals surface area contributed by atoms with Crippen LogP contribution in [0.5, 0.6) is 0 Å². The minimum absolute atomic E-state index is 0.00181. The molecule has 6 nitrogen and oxygen atoms in total. The molecular formula is C20H17Cl2F3N4O2. The molecule has 2 aliphatic carbocycles. The van der Waals surface area contributed by atoms with Gasteiger partial charge < -0.3 is 10.1 Å². The molecule has 4 rings (SSSR count). The fraction of sp³-hybridized carbons (Fsp3) is 0.450. The van der Waals surface area contributed by atoms with Crippen molar-refractivity contribution in [2.75, 3.05) is 19.0 Å². The lowest BCUT2D eigenvalue weighted by Crippen LogP contribution is -2.24. The highest BCUT2D eigenvalue weighted by Crippen LogP contribution is 2.54. The normalized spacial score (nSPS) is 17.2. The Morgan fingerprint density at radius 1 is 1.35 bits per heavy atom. The minimum Gasteiger partial charge on any atom is -0.468 e. The van der Waals surface area contributed by atoms with E-state index in [1.165, 1.54) is 11.8 Å². The molecule has 11 heteroatoms. The van der Waals surface area contributed by atoms with Crippen molar-refractivity contribution in [2.45, 2.75) is 37.3 Å². The maximum absolute atomic E-state index is 13.1. The van der Waals surface area contributed by atoms with Crippen LogP contribution >= 0.6 is 23.2 Å². The maximum atomic E-state index is 13.1. The van der Waals surface area contributed by atoms with Gasteiger partial charge in [-0.2, -0.15) is 23.5 Å². The van der Waals surface area contributed by atoms with Gasteiger partial charge in [-0.3, -0.25) is 4.79 Å². The number of rotatable bonds is 6. The third-order valence-corrected chi connectivity index (χ3v) is 6.18. The van der Waals surface area contributed by atoms with Gasteiger partial charge in [0.1, 0.15) is 17.6 Å². The molecule has 1 heterocycles. The van der Waals surface area contributed by atoms with Crippen molar-refractivity contribution in [3.05, 3.63) is 39.0 Å². The van der Waals surface area contributed by atoms with Crippen molar-refractivity contribution in [1.29, 1.82) is 5.26 Å². The van der Waals surface area contributed by atoms with Crippen LogP contribution in [0.15, 0.2) is 12.1 Å². The Hall–Kier alpha value is -2.44. The average molecular weight is 473 g/mol. The van der Waals surface area contributed by atoms with Crippen molar-refractivity contribution < 1.29 is 22.7 Å². The Kier molecular flexibility index (Phi) is 5.34. The molecule has 2 aromatic rings.